The smallest absolute Gasteiger partial charge is 0.339 e. The first-order valence-electron chi connectivity index (χ1n) is 8.37. The molecule has 1 atom stereocenters. The predicted molar refractivity (Wildman–Crippen MR) is 99.3 cm³/mol. The largest absolute Gasteiger partial charge is 0.448 e. The quantitative estimate of drug-likeness (QED) is 0.700. The van der Waals surface area contributed by atoms with Crippen molar-refractivity contribution in [2.24, 2.45) is 0 Å². The van der Waals surface area contributed by atoms with Crippen LogP contribution in [0.4, 0.5) is 9.52 Å². The van der Waals surface area contributed by atoms with Crippen molar-refractivity contribution in [2.75, 3.05) is 5.32 Å². The minimum atomic E-state index is -1.01. The van der Waals surface area contributed by atoms with Crippen molar-refractivity contribution in [2.45, 2.75) is 18.9 Å². The van der Waals surface area contributed by atoms with E-state index in [4.69, 9.17) is 4.74 Å². The Morgan fingerprint density at radius 1 is 1.26 bits per heavy atom. The maximum atomic E-state index is 13.4. The van der Waals surface area contributed by atoms with Crippen LogP contribution in [-0.2, 0) is 22.4 Å². The van der Waals surface area contributed by atoms with E-state index >= 15 is 0 Å². The van der Waals surface area contributed by atoms with Crippen LogP contribution in [-0.4, -0.2) is 23.0 Å². The molecule has 0 fully saturated rings. The minimum Gasteiger partial charge on any atom is -0.448 e. The third kappa shape index (κ3) is 3.88. The number of ether oxygens (including phenoxy) is 1. The van der Waals surface area contributed by atoms with E-state index in [2.05, 4.69) is 10.3 Å². The summed E-state index contributed by atoms with van der Waals surface area (Å²) in [5, 5.41) is 3.12. The summed E-state index contributed by atoms with van der Waals surface area (Å²) in [7, 11) is 0. The van der Waals surface area contributed by atoms with E-state index in [0.717, 1.165) is 16.9 Å². The maximum absolute atomic E-state index is 13.4. The summed E-state index contributed by atoms with van der Waals surface area (Å²) < 4.78 is 18.6. The molecule has 0 aliphatic carbocycles. The number of carbonyl (C=O) groups excluding carboxylic acids is 2. The van der Waals surface area contributed by atoms with Gasteiger partial charge >= 0.3 is 5.97 Å². The number of hydrogen-bond acceptors (Lipinski definition) is 5. The number of aromatic nitrogens is 1. The zero-order valence-electron chi connectivity index (χ0n) is 14.1. The van der Waals surface area contributed by atoms with Crippen LogP contribution < -0.4 is 5.32 Å². The molecule has 0 saturated carbocycles. The maximum Gasteiger partial charge on any atom is 0.339 e. The van der Waals surface area contributed by atoms with Crippen LogP contribution in [0, 0.1) is 5.82 Å². The first-order chi connectivity index (χ1) is 13.1. The number of rotatable bonds is 4. The number of amides is 1. The number of hydrogen-bond donors (Lipinski definition) is 1. The Balaban J connectivity index is 1.43. The molecule has 1 aromatic heterocycles. The minimum absolute atomic E-state index is 0.132. The third-order valence-corrected chi connectivity index (χ3v) is 5.15. The van der Waals surface area contributed by atoms with Crippen molar-refractivity contribution in [3.63, 3.8) is 0 Å². The highest BCUT2D eigenvalue weighted by Crippen LogP contribution is 2.25. The summed E-state index contributed by atoms with van der Waals surface area (Å²) in [4.78, 5) is 29.7. The number of carbonyl (C=O) groups is 2. The Hall–Kier alpha value is -3.06. The van der Waals surface area contributed by atoms with E-state index in [1.165, 1.54) is 29.5 Å². The van der Waals surface area contributed by atoms with E-state index in [1.807, 2.05) is 30.3 Å². The van der Waals surface area contributed by atoms with Crippen LogP contribution in [0.2, 0.25) is 0 Å². The van der Waals surface area contributed by atoms with Crippen molar-refractivity contribution in [3.05, 3.63) is 82.1 Å². The molecule has 0 spiro atoms. The summed E-state index contributed by atoms with van der Waals surface area (Å²) in [6, 6.07) is 13.8. The number of benzene rings is 2. The first kappa shape index (κ1) is 17.4. The first-order valence-corrected chi connectivity index (χ1v) is 9.19. The highest BCUT2D eigenvalue weighted by Gasteiger charge is 2.32. The van der Waals surface area contributed by atoms with Gasteiger partial charge in [-0.05, 0) is 29.3 Å². The Morgan fingerprint density at radius 3 is 2.89 bits per heavy atom. The Kier molecular flexibility index (Phi) is 4.68. The third-order valence-electron chi connectivity index (χ3n) is 4.24. The molecule has 0 bridgehead atoms. The van der Waals surface area contributed by atoms with Gasteiger partial charge in [-0.25, -0.2) is 14.2 Å². The summed E-state index contributed by atoms with van der Waals surface area (Å²) in [5.74, 6) is -1.55. The highest BCUT2D eigenvalue weighted by molar-refractivity contribution is 7.15. The van der Waals surface area contributed by atoms with Crippen molar-refractivity contribution in [1.82, 2.24) is 4.98 Å². The number of nitrogens with one attached hydrogen (secondary N) is 1. The normalized spacial score (nSPS) is 15.7. The number of halogens is 1. The average Bonchev–Trinajstić information content (AvgIpc) is 3.08. The lowest BCUT2D eigenvalue weighted by Crippen LogP contribution is -2.38. The SMILES string of the molecule is O=C1OC(C(=O)Nc2ncc(Cc3ccccc3)s2)Cc2cc(F)ccc21. The number of nitrogens with zero attached hydrogens (tertiary/aromatic N) is 1. The van der Waals surface area contributed by atoms with Crippen LogP contribution in [0.15, 0.2) is 54.7 Å². The van der Waals surface area contributed by atoms with Crippen LogP contribution >= 0.6 is 11.3 Å². The second-order valence-corrected chi connectivity index (χ2v) is 7.30. The van der Waals surface area contributed by atoms with Gasteiger partial charge in [-0.15, -0.1) is 11.3 Å². The molecule has 1 aliphatic rings. The van der Waals surface area contributed by atoms with Crippen LogP contribution in [0.1, 0.15) is 26.4 Å². The Labute approximate surface area is 158 Å². The second kappa shape index (κ2) is 7.28. The average molecular weight is 382 g/mol. The molecule has 1 amide bonds. The summed E-state index contributed by atoms with van der Waals surface area (Å²) in [6.07, 6.45) is 1.56. The number of thiazole rings is 1. The Morgan fingerprint density at radius 2 is 2.07 bits per heavy atom. The molecule has 27 heavy (non-hydrogen) atoms. The van der Waals surface area contributed by atoms with E-state index in [-0.39, 0.29) is 6.42 Å². The van der Waals surface area contributed by atoms with Gasteiger partial charge in [0.1, 0.15) is 5.82 Å². The lowest BCUT2D eigenvalue weighted by atomic mass is 9.98. The molecule has 2 aromatic carbocycles. The van der Waals surface area contributed by atoms with Crippen molar-refractivity contribution >= 4 is 28.3 Å². The number of anilines is 1. The molecule has 2 heterocycles. The van der Waals surface area contributed by atoms with E-state index in [0.29, 0.717) is 16.3 Å². The monoisotopic (exact) mass is 382 g/mol. The van der Waals surface area contributed by atoms with Gasteiger partial charge in [0, 0.05) is 23.9 Å². The van der Waals surface area contributed by atoms with Crippen molar-refractivity contribution in [1.29, 1.82) is 0 Å². The van der Waals surface area contributed by atoms with Crippen molar-refractivity contribution < 1.29 is 18.7 Å². The van der Waals surface area contributed by atoms with Gasteiger partial charge in [-0.2, -0.15) is 0 Å². The standard InChI is InChI=1S/C20H15FN2O3S/c21-14-6-7-16-13(9-14)10-17(26-19(16)25)18(24)23-20-22-11-15(27-20)8-12-4-2-1-3-5-12/h1-7,9,11,17H,8,10H2,(H,22,23,24). The molecule has 0 saturated heterocycles. The molecule has 5 nitrogen and oxygen atoms in total. The van der Waals surface area contributed by atoms with Crippen LogP contribution in [0.5, 0.6) is 0 Å². The molecule has 0 radical (unpaired) electrons. The summed E-state index contributed by atoms with van der Waals surface area (Å²) in [6.45, 7) is 0. The van der Waals surface area contributed by atoms with E-state index < -0.39 is 23.8 Å². The Bertz CT molecular complexity index is 1000. The topological polar surface area (TPSA) is 68.3 Å². The summed E-state index contributed by atoms with van der Waals surface area (Å²) >= 11 is 1.37. The molecule has 136 valence electrons. The van der Waals surface area contributed by atoms with Gasteiger partial charge in [-0.3, -0.25) is 10.1 Å². The molecule has 7 heteroatoms. The number of esters is 1. The predicted octanol–water partition coefficient (Wildman–Crippen LogP) is 3.59. The molecular weight excluding hydrogens is 367 g/mol. The van der Waals surface area contributed by atoms with Gasteiger partial charge in [0.15, 0.2) is 11.2 Å². The number of cyclic esters (lactones) is 1. The number of fused-ring (bicyclic) bond motifs is 1. The summed E-state index contributed by atoms with van der Waals surface area (Å²) in [5.41, 5.74) is 1.91. The van der Waals surface area contributed by atoms with Gasteiger partial charge in [-0.1, -0.05) is 30.3 Å². The van der Waals surface area contributed by atoms with Gasteiger partial charge in [0.25, 0.3) is 5.91 Å². The lowest BCUT2D eigenvalue weighted by Gasteiger charge is -2.23. The van der Waals surface area contributed by atoms with Gasteiger partial charge in [0.2, 0.25) is 0 Å². The lowest BCUT2D eigenvalue weighted by molar-refractivity contribution is -0.125. The van der Waals surface area contributed by atoms with E-state index in [1.54, 1.807) is 6.20 Å². The molecule has 1 N–H and O–H groups in total. The van der Waals surface area contributed by atoms with Crippen molar-refractivity contribution in [3.8, 4) is 0 Å². The fraction of sp³-hybridized carbons (Fsp3) is 0.150. The zero-order valence-corrected chi connectivity index (χ0v) is 15.0. The fourth-order valence-corrected chi connectivity index (χ4v) is 3.79. The molecular formula is C20H15FN2O3S. The fourth-order valence-electron chi connectivity index (χ4n) is 2.94. The van der Waals surface area contributed by atoms with E-state index in [9.17, 15) is 14.0 Å². The molecule has 1 unspecified atom stereocenters. The van der Waals surface area contributed by atoms with Crippen LogP contribution in [0.25, 0.3) is 0 Å². The molecule has 3 aromatic rings. The second-order valence-electron chi connectivity index (χ2n) is 6.18. The van der Waals surface area contributed by atoms with Gasteiger partial charge in [0.05, 0.1) is 5.56 Å². The zero-order chi connectivity index (χ0) is 18.8. The van der Waals surface area contributed by atoms with Gasteiger partial charge < -0.3 is 4.74 Å². The highest BCUT2D eigenvalue weighted by atomic mass is 32.1. The molecule has 1 aliphatic heterocycles. The molecule has 4 rings (SSSR count). The van der Waals surface area contributed by atoms with Crippen LogP contribution in [0.3, 0.4) is 0 Å².